The van der Waals surface area contributed by atoms with E-state index in [9.17, 15) is 15.0 Å². The van der Waals surface area contributed by atoms with E-state index in [-0.39, 0.29) is 45.8 Å². The Morgan fingerprint density at radius 1 is 0.868 bits per heavy atom. The highest BCUT2D eigenvalue weighted by Gasteiger charge is 2.82. The summed E-state index contributed by atoms with van der Waals surface area (Å²) in [6, 6.07) is 0. The van der Waals surface area contributed by atoms with Crippen LogP contribution in [0.15, 0.2) is 0 Å². The normalized spacial score (nSPS) is 56.9. The lowest BCUT2D eigenvalue weighted by Gasteiger charge is -2.71. The molecule has 11 unspecified atom stereocenters. The van der Waals surface area contributed by atoms with Gasteiger partial charge in [0.1, 0.15) is 17.3 Å². The fourth-order valence-corrected chi connectivity index (χ4v) is 12.0. The number of fused-ring (bicyclic) bond motifs is 9. The number of carbonyl (C=O) groups excluding carboxylic acids is 1. The maximum atomic E-state index is 12.7. The second-order valence-electron chi connectivity index (χ2n) is 16.4. The van der Waals surface area contributed by atoms with Gasteiger partial charge in [-0.15, -0.1) is 0 Å². The topological polar surface area (TPSA) is 85.2 Å². The zero-order chi connectivity index (χ0) is 27.9. The molecule has 2 aliphatic heterocycles. The summed E-state index contributed by atoms with van der Waals surface area (Å²) in [6.07, 6.45) is 7.72. The number of hydrogen-bond acceptors (Lipinski definition) is 6. The van der Waals surface area contributed by atoms with Crippen molar-refractivity contribution >= 4 is 5.97 Å². The molecule has 2 heterocycles. The molecule has 2 bridgehead atoms. The molecule has 38 heavy (non-hydrogen) atoms. The fourth-order valence-electron chi connectivity index (χ4n) is 12.0. The second kappa shape index (κ2) is 7.57. The standard InChI is InChI=1S/C32H52O6/c1-19(33)36-20-18-22-27(6)12-11-23(34)25(2,3)21(27)10-13-28(22,7)29(8)14-16-31(24(20)29)30(9)15-17-32(37-30,38-31)26(4,5)35/h20-24,34-35H,10-18H2,1-9H3. The minimum atomic E-state index is -1.13. The van der Waals surface area contributed by atoms with Gasteiger partial charge in [-0.3, -0.25) is 4.79 Å². The predicted octanol–water partition coefficient (Wildman–Crippen LogP) is 5.76. The summed E-state index contributed by atoms with van der Waals surface area (Å²) < 4.78 is 20.2. The number of ether oxygens (including phenoxy) is 3. The van der Waals surface area contributed by atoms with Crippen LogP contribution in [0.3, 0.4) is 0 Å². The second-order valence-corrected chi connectivity index (χ2v) is 16.4. The Kier molecular flexibility index (Phi) is 5.48. The van der Waals surface area contributed by atoms with Gasteiger partial charge in [0.25, 0.3) is 0 Å². The van der Waals surface area contributed by atoms with Gasteiger partial charge in [0.05, 0.1) is 11.7 Å². The number of esters is 1. The van der Waals surface area contributed by atoms with Crippen LogP contribution >= 0.6 is 0 Å². The summed E-state index contributed by atoms with van der Waals surface area (Å²) in [5.41, 5.74) is -2.39. The molecule has 0 amide bonds. The van der Waals surface area contributed by atoms with Gasteiger partial charge in [-0.05, 0) is 106 Å². The average molecular weight is 533 g/mol. The van der Waals surface area contributed by atoms with Crippen molar-refractivity contribution < 1.29 is 29.2 Å². The zero-order valence-corrected chi connectivity index (χ0v) is 25.3. The Bertz CT molecular complexity index is 1030. The first-order valence-corrected chi connectivity index (χ1v) is 15.3. The first-order valence-electron chi connectivity index (χ1n) is 15.3. The summed E-state index contributed by atoms with van der Waals surface area (Å²) in [5, 5.41) is 22.3. The minimum absolute atomic E-state index is 0.00276. The van der Waals surface area contributed by atoms with Crippen molar-refractivity contribution in [1.29, 1.82) is 0 Å². The summed E-state index contributed by atoms with van der Waals surface area (Å²) in [6.45, 7) is 19.3. The third kappa shape index (κ3) is 2.97. The molecule has 6 rings (SSSR count). The molecule has 0 radical (unpaired) electrons. The summed E-state index contributed by atoms with van der Waals surface area (Å²) in [4.78, 5) is 12.7. The third-order valence-electron chi connectivity index (χ3n) is 14.2. The number of aliphatic hydroxyl groups excluding tert-OH is 1. The van der Waals surface area contributed by atoms with E-state index < -0.39 is 22.6 Å². The highest BCUT2D eigenvalue weighted by Crippen LogP contribution is 2.79. The molecule has 6 nitrogen and oxygen atoms in total. The van der Waals surface area contributed by atoms with E-state index in [0.29, 0.717) is 18.3 Å². The minimum Gasteiger partial charge on any atom is -0.462 e. The average Bonchev–Trinajstić information content (AvgIpc) is 3.39. The predicted molar refractivity (Wildman–Crippen MR) is 144 cm³/mol. The molecule has 2 N–H and O–H groups in total. The van der Waals surface area contributed by atoms with Gasteiger partial charge in [0.2, 0.25) is 0 Å². The summed E-state index contributed by atoms with van der Waals surface area (Å²) in [5.74, 6) is -0.442. The molecule has 6 heteroatoms. The molecule has 216 valence electrons. The Morgan fingerprint density at radius 2 is 1.55 bits per heavy atom. The maximum Gasteiger partial charge on any atom is 0.302 e. The smallest absolute Gasteiger partial charge is 0.302 e. The van der Waals surface area contributed by atoms with Gasteiger partial charge < -0.3 is 24.4 Å². The quantitative estimate of drug-likeness (QED) is 0.440. The molecule has 1 spiro atoms. The number of aliphatic hydroxyl groups is 2. The zero-order valence-electron chi connectivity index (χ0n) is 25.3. The van der Waals surface area contributed by atoms with Crippen LogP contribution in [0.2, 0.25) is 0 Å². The Balaban J connectivity index is 1.48. The number of carbonyl (C=O) groups is 1. The van der Waals surface area contributed by atoms with Crippen LogP contribution in [-0.4, -0.2) is 51.0 Å². The van der Waals surface area contributed by atoms with Gasteiger partial charge in [-0.2, -0.15) is 0 Å². The van der Waals surface area contributed by atoms with E-state index >= 15 is 0 Å². The Hall–Kier alpha value is -0.690. The summed E-state index contributed by atoms with van der Waals surface area (Å²) in [7, 11) is 0. The van der Waals surface area contributed by atoms with Crippen molar-refractivity contribution in [3.63, 3.8) is 0 Å². The van der Waals surface area contributed by atoms with Gasteiger partial charge in [-0.1, -0.05) is 34.6 Å². The van der Waals surface area contributed by atoms with Crippen LogP contribution in [0.1, 0.15) is 120 Å². The summed E-state index contributed by atoms with van der Waals surface area (Å²) >= 11 is 0. The van der Waals surface area contributed by atoms with E-state index in [1.54, 1.807) is 13.8 Å². The fraction of sp³-hybridized carbons (Fsp3) is 0.969. The number of rotatable bonds is 2. The Morgan fingerprint density at radius 3 is 2.16 bits per heavy atom. The molecule has 6 aliphatic rings. The van der Waals surface area contributed by atoms with Crippen molar-refractivity contribution in [3.8, 4) is 0 Å². The van der Waals surface area contributed by atoms with Crippen LogP contribution in [0, 0.1) is 39.4 Å². The third-order valence-corrected chi connectivity index (χ3v) is 14.2. The molecular formula is C32H52O6. The van der Waals surface area contributed by atoms with Crippen LogP contribution in [-0.2, 0) is 19.0 Å². The molecular weight excluding hydrogens is 480 g/mol. The highest BCUT2D eigenvalue weighted by molar-refractivity contribution is 5.66. The van der Waals surface area contributed by atoms with Crippen molar-refractivity contribution in [2.75, 3.05) is 0 Å². The van der Waals surface area contributed by atoms with Gasteiger partial charge in [0, 0.05) is 19.3 Å². The monoisotopic (exact) mass is 532 g/mol. The molecule has 2 saturated heterocycles. The lowest BCUT2D eigenvalue weighted by Crippen LogP contribution is -2.70. The molecule has 0 aromatic carbocycles. The van der Waals surface area contributed by atoms with Gasteiger partial charge in [0.15, 0.2) is 5.79 Å². The van der Waals surface area contributed by atoms with Crippen LogP contribution in [0.5, 0.6) is 0 Å². The van der Waals surface area contributed by atoms with Gasteiger partial charge in [-0.25, -0.2) is 0 Å². The van der Waals surface area contributed by atoms with Crippen LogP contribution in [0.25, 0.3) is 0 Å². The molecule has 0 aromatic heterocycles. The first kappa shape index (κ1) is 27.5. The van der Waals surface area contributed by atoms with Gasteiger partial charge >= 0.3 is 5.97 Å². The molecule has 0 aromatic rings. The molecule has 11 atom stereocenters. The lowest BCUT2D eigenvalue weighted by atomic mass is 9.35. The van der Waals surface area contributed by atoms with Crippen molar-refractivity contribution in [2.45, 2.75) is 155 Å². The van der Waals surface area contributed by atoms with Crippen molar-refractivity contribution in [2.24, 2.45) is 39.4 Å². The van der Waals surface area contributed by atoms with Crippen LogP contribution < -0.4 is 0 Å². The van der Waals surface area contributed by atoms with Crippen molar-refractivity contribution in [3.05, 3.63) is 0 Å². The number of hydrogen-bond donors (Lipinski definition) is 2. The van der Waals surface area contributed by atoms with E-state index in [1.165, 1.54) is 6.92 Å². The molecule has 4 aliphatic carbocycles. The van der Waals surface area contributed by atoms with E-state index in [0.717, 1.165) is 51.4 Å². The largest absolute Gasteiger partial charge is 0.462 e. The van der Waals surface area contributed by atoms with Crippen molar-refractivity contribution in [1.82, 2.24) is 0 Å². The van der Waals surface area contributed by atoms with Crippen LogP contribution in [0.4, 0.5) is 0 Å². The first-order chi connectivity index (χ1) is 17.3. The molecule has 6 fully saturated rings. The van der Waals surface area contributed by atoms with E-state index in [2.05, 4.69) is 41.5 Å². The lowest BCUT2D eigenvalue weighted by molar-refractivity contribution is -0.296. The van der Waals surface area contributed by atoms with E-state index in [4.69, 9.17) is 14.2 Å². The molecule has 4 saturated carbocycles. The maximum absolute atomic E-state index is 12.7. The van der Waals surface area contributed by atoms with E-state index in [1.807, 2.05) is 0 Å². The SMILES string of the molecule is CC(=O)OC1CC2C3(C)CCC(O)C(C)(C)C3CCC2(C)C2(C)CCC3(OC4(C(C)(C)O)CCC3(C)O4)C12. The highest BCUT2D eigenvalue weighted by atomic mass is 16.8. The Labute approximate surface area is 229 Å².